The molecule has 1 N–H and O–H groups in total. The molecule has 12 heavy (non-hydrogen) atoms. The first-order valence-corrected chi connectivity index (χ1v) is 5.35. The Hall–Kier alpha value is -0.0400. The van der Waals surface area contributed by atoms with E-state index in [-0.39, 0.29) is 0 Å². The van der Waals surface area contributed by atoms with Gasteiger partial charge in [-0.1, -0.05) is 20.8 Å². The van der Waals surface area contributed by atoms with E-state index in [9.17, 15) is 0 Å². The van der Waals surface area contributed by atoms with Crippen molar-refractivity contribution in [3.8, 4) is 0 Å². The zero-order valence-corrected chi connectivity index (χ0v) is 8.93. The first-order chi connectivity index (χ1) is 5.59. The second-order valence-corrected chi connectivity index (χ2v) is 4.84. The lowest BCUT2D eigenvalue weighted by Gasteiger charge is -2.22. The van der Waals surface area contributed by atoms with Crippen molar-refractivity contribution in [3.05, 3.63) is 0 Å². The van der Waals surface area contributed by atoms with Gasteiger partial charge in [0.1, 0.15) is 0 Å². The van der Waals surface area contributed by atoms with E-state index >= 15 is 0 Å². The molecule has 3 unspecified atom stereocenters. The maximum atomic E-state index is 3.71. The zero-order chi connectivity index (χ0) is 9.14. The van der Waals surface area contributed by atoms with Gasteiger partial charge in [-0.05, 0) is 38.0 Å². The highest BCUT2D eigenvalue weighted by Gasteiger charge is 2.21. The first kappa shape index (κ1) is 10.0. The third-order valence-corrected chi connectivity index (χ3v) is 3.03. The van der Waals surface area contributed by atoms with Crippen molar-refractivity contribution < 1.29 is 0 Å². The Labute approximate surface area is 76.9 Å². The molecule has 0 aromatic heterocycles. The van der Waals surface area contributed by atoms with Crippen molar-refractivity contribution in [2.24, 2.45) is 11.8 Å². The molecule has 0 spiro atoms. The molecule has 72 valence electrons. The van der Waals surface area contributed by atoms with Crippen LogP contribution >= 0.6 is 0 Å². The summed E-state index contributed by atoms with van der Waals surface area (Å²) in [5, 5.41) is 3.71. The summed E-state index contributed by atoms with van der Waals surface area (Å²) in [6.07, 6.45) is 4.12. The second kappa shape index (κ2) is 4.27. The summed E-state index contributed by atoms with van der Waals surface area (Å²) in [6, 6.07) is 1.47. The number of hydrogen-bond donors (Lipinski definition) is 1. The maximum Gasteiger partial charge on any atom is 0.00926 e. The molecule has 0 saturated carbocycles. The van der Waals surface area contributed by atoms with E-state index in [4.69, 9.17) is 0 Å². The van der Waals surface area contributed by atoms with E-state index in [1.54, 1.807) is 0 Å². The van der Waals surface area contributed by atoms with Crippen LogP contribution in [0.2, 0.25) is 0 Å². The fourth-order valence-corrected chi connectivity index (χ4v) is 2.23. The van der Waals surface area contributed by atoms with Gasteiger partial charge in [0.05, 0.1) is 0 Å². The van der Waals surface area contributed by atoms with Crippen molar-refractivity contribution >= 4 is 0 Å². The molecule has 1 rings (SSSR count). The van der Waals surface area contributed by atoms with Gasteiger partial charge in [0.2, 0.25) is 0 Å². The van der Waals surface area contributed by atoms with E-state index in [1.165, 1.54) is 19.3 Å². The number of nitrogens with one attached hydrogen (secondary N) is 1. The van der Waals surface area contributed by atoms with Crippen LogP contribution in [0.25, 0.3) is 0 Å². The highest BCUT2D eigenvalue weighted by molar-refractivity contribution is 4.80. The lowest BCUT2D eigenvalue weighted by molar-refractivity contribution is 0.362. The van der Waals surface area contributed by atoms with Gasteiger partial charge in [-0.2, -0.15) is 0 Å². The summed E-state index contributed by atoms with van der Waals surface area (Å²) in [6.45, 7) is 9.33. The van der Waals surface area contributed by atoms with Gasteiger partial charge in [0.15, 0.2) is 0 Å². The van der Waals surface area contributed by atoms with Crippen molar-refractivity contribution in [3.63, 3.8) is 0 Å². The smallest absolute Gasteiger partial charge is 0.00926 e. The Balaban J connectivity index is 2.46. The molecule has 1 heterocycles. The van der Waals surface area contributed by atoms with Gasteiger partial charge < -0.3 is 5.32 Å². The molecule has 1 aliphatic rings. The first-order valence-electron chi connectivity index (χ1n) is 5.35. The topological polar surface area (TPSA) is 12.0 Å². The monoisotopic (exact) mass is 169 g/mol. The Bertz CT molecular complexity index is 131. The summed E-state index contributed by atoms with van der Waals surface area (Å²) >= 11 is 0. The molecular formula is C11H23N. The Morgan fingerprint density at radius 3 is 2.42 bits per heavy atom. The van der Waals surface area contributed by atoms with Crippen LogP contribution in [0.15, 0.2) is 0 Å². The Morgan fingerprint density at radius 2 is 1.83 bits per heavy atom. The van der Waals surface area contributed by atoms with Crippen LogP contribution in [0.5, 0.6) is 0 Å². The molecular weight excluding hydrogens is 146 g/mol. The van der Waals surface area contributed by atoms with Crippen LogP contribution in [0, 0.1) is 11.8 Å². The zero-order valence-electron chi connectivity index (χ0n) is 8.93. The SMILES string of the molecule is CC1CCC(C(C)C)NC(C)C1. The highest BCUT2D eigenvalue weighted by Crippen LogP contribution is 2.22. The van der Waals surface area contributed by atoms with Gasteiger partial charge in [0.25, 0.3) is 0 Å². The Morgan fingerprint density at radius 1 is 1.17 bits per heavy atom. The fourth-order valence-electron chi connectivity index (χ4n) is 2.23. The minimum atomic E-state index is 0.717. The van der Waals surface area contributed by atoms with Crippen LogP contribution in [0.1, 0.15) is 47.0 Å². The summed E-state index contributed by atoms with van der Waals surface area (Å²) in [7, 11) is 0. The molecule has 0 radical (unpaired) electrons. The Kier molecular flexibility index (Phi) is 3.57. The molecule has 0 aliphatic carbocycles. The average molecular weight is 169 g/mol. The van der Waals surface area contributed by atoms with Crippen molar-refractivity contribution in [2.75, 3.05) is 0 Å². The predicted octanol–water partition coefficient (Wildman–Crippen LogP) is 2.81. The molecule has 1 saturated heterocycles. The van der Waals surface area contributed by atoms with Crippen LogP contribution in [-0.4, -0.2) is 12.1 Å². The van der Waals surface area contributed by atoms with Crippen LogP contribution in [0.4, 0.5) is 0 Å². The van der Waals surface area contributed by atoms with Gasteiger partial charge in [-0.25, -0.2) is 0 Å². The van der Waals surface area contributed by atoms with Gasteiger partial charge in [0, 0.05) is 12.1 Å². The standard InChI is InChI=1S/C11H23N/c1-8(2)11-6-5-9(3)7-10(4)12-11/h8-12H,5-7H2,1-4H3. The largest absolute Gasteiger partial charge is 0.311 e. The summed E-state index contributed by atoms with van der Waals surface area (Å²) in [5.41, 5.74) is 0. The van der Waals surface area contributed by atoms with Gasteiger partial charge in [-0.3, -0.25) is 0 Å². The molecule has 1 heteroatoms. The van der Waals surface area contributed by atoms with Crippen LogP contribution < -0.4 is 5.32 Å². The van der Waals surface area contributed by atoms with Gasteiger partial charge in [-0.15, -0.1) is 0 Å². The molecule has 0 aromatic carbocycles. The quantitative estimate of drug-likeness (QED) is 0.636. The van der Waals surface area contributed by atoms with Crippen molar-refractivity contribution in [2.45, 2.75) is 59.0 Å². The van der Waals surface area contributed by atoms with E-state index in [2.05, 4.69) is 33.0 Å². The normalized spacial score (nSPS) is 38.2. The molecule has 1 nitrogen and oxygen atoms in total. The average Bonchev–Trinajstić information content (AvgIpc) is 2.11. The molecule has 3 atom stereocenters. The van der Waals surface area contributed by atoms with Gasteiger partial charge >= 0.3 is 0 Å². The third-order valence-electron chi connectivity index (χ3n) is 3.03. The molecule has 0 bridgehead atoms. The molecule has 0 aromatic rings. The van der Waals surface area contributed by atoms with Crippen LogP contribution in [-0.2, 0) is 0 Å². The lowest BCUT2D eigenvalue weighted by Crippen LogP contribution is -2.38. The molecule has 0 amide bonds. The van der Waals surface area contributed by atoms with E-state index in [0.717, 1.165) is 23.9 Å². The summed E-state index contributed by atoms with van der Waals surface area (Å²) in [4.78, 5) is 0. The van der Waals surface area contributed by atoms with Crippen LogP contribution in [0.3, 0.4) is 0 Å². The lowest BCUT2D eigenvalue weighted by atomic mass is 9.96. The molecule has 1 aliphatic heterocycles. The molecule has 1 fully saturated rings. The predicted molar refractivity (Wildman–Crippen MR) is 54.2 cm³/mol. The van der Waals surface area contributed by atoms with E-state index in [0.29, 0.717) is 0 Å². The fraction of sp³-hybridized carbons (Fsp3) is 1.00. The van der Waals surface area contributed by atoms with E-state index in [1.807, 2.05) is 0 Å². The van der Waals surface area contributed by atoms with Crippen molar-refractivity contribution in [1.82, 2.24) is 5.32 Å². The number of hydrogen-bond acceptors (Lipinski definition) is 1. The summed E-state index contributed by atoms with van der Waals surface area (Å²) in [5.74, 6) is 1.70. The minimum Gasteiger partial charge on any atom is -0.311 e. The van der Waals surface area contributed by atoms with E-state index < -0.39 is 0 Å². The third kappa shape index (κ3) is 2.78. The highest BCUT2D eigenvalue weighted by atomic mass is 15.0. The minimum absolute atomic E-state index is 0.717. The maximum absolute atomic E-state index is 3.71. The van der Waals surface area contributed by atoms with Crippen molar-refractivity contribution in [1.29, 1.82) is 0 Å². The number of rotatable bonds is 1. The second-order valence-electron chi connectivity index (χ2n) is 4.84. The summed E-state index contributed by atoms with van der Waals surface area (Å²) < 4.78 is 0.